The summed E-state index contributed by atoms with van der Waals surface area (Å²) >= 11 is 0. The molecule has 0 unspecified atom stereocenters. The summed E-state index contributed by atoms with van der Waals surface area (Å²) in [5.41, 5.74) is 0. The van der Waals surface area contributed by atoms with Crippen LogP contribution in [0, 0.1) is 0 Å². The molecule has 0 fully saturated rings. The van der Waals surface area contributed by atoms with Crippen LogP contribution in [0.1, 0.15) is 0 Å². The molecule has 0 aliphatic carbocycles. The van der Waals surface area contributed by atoms with E-state index in [1.54, 1.807) is 0 Å². The summed E-state index contributed by atoms with van der Waals surface area (Å²) in [6.45, 7) is 0. The first-order valence-electron chi connectivity index (χ1n) is 0. The first-order valence-corrected chi connectivity index (χ1v) is 0. The molecule has 0 amide bonds. The summed E-state index contributed by atoms with van der Waals surface area (Å²) < 4.78 is 0. The van der Waals surface area contributed by atoms with E-state index in [0.717, 1.165) is 0 Å². The van der Waals surface area contributed by atoms with Crippen molar-refractivity contribution in [2.24, 2.45) is 0 Å². The van der Waals surface area contributed by atoms with Crippen LogP contribution in [0.5, 0.6) is 0 Å². The first-order chi connectivity index (χ1) is 0. The van der Waals surface area contributed by atoms with Crippen molar-refractivity contribution >= 4 is 64.9 Å². The van der Waals surface area contributed by atoms with E-state index in [1.807, 2.05) is 0 Å². The van der Waals surface area contributed by atoms with Crippen LogP contribution in [0.25, 0.3) is 0 Å². The van der Waals surface area contributed by atoms with E-state index < -0.39 is 0 Å². The Morgan fingerprint density at radius 2 is 0.429 bits per heavy atom. The molecule has 0 heterocycles. The van der Waals surface area contributed by atoms with Crippen LogP contribution in [0.15, 0.2) is 0 Å². The van der Waals surface area contributed by atoms with Crippen molar-refractivity contribution in [2.45, 2.75) is 0 Å². The van der Waals surface area contributed by atoms with Gasteiger partial charge in [0.2, 0.25) is 0 Å². The summed E-state index contributed by atoms with van der Waals surface area (Å²) in [6.07, 6.45) is 0. The van der Waals surface area contributed by atoms with Crippen LogP contribution in [0.3, 0.4) is 0 Å². The molecule has 0 rings (SSSR count). The van der Waals surface area contributed by atoms with Crippen molar-refractivity contribution < 1.29 is 27.4 Å². The van der Waals surface area contributed by atoms with E-state index >= 15 is 0 Å². The maximum atomic E-state index is 0. The van der Waals surface area contributed by atoms with Crippen LogP contribution >= 0.6 is 13.5 Å². The van der Waals surface area contributed by atoms with Crippen molar-refractivity contribution in [3.05, 3.63) is 0 Å². The van der Waals surface area contributed by atoms with Gasteiger partial charge in [0.15, 0.2) is 0 Å². The summed E-state index contributed by atoms with van der Waals surface area (Å²) in [7, 11) is 0. The molecule has 0 aliphatic heterocycles. The van der Waals surface area contributed by atoms with E-state index in [-0.39, 0.29) is 92.3 Å². The second kappa shape index (κ2) is 112. The Kier molecular flexibility index (Phi) is 2680. The van der Waals surface area contributed by atoms with Crippen molar-refractivity contribution in [3.8, 4) is 0 Å². The Labute approximate surface area is 90.9 Å². The van der Waals surface area contributed by atoms with Gasteiger partial charge in [0, 0.05) is 0 Å². The molecular weight excluding hydrogens is 151 g/mol. The molecule has 50 valence electrons. The third-order valence-electron chi connectivity index (χ3n) is 0. The zero-order valence-corrected chi connectivity index (χ0v) is 4.00. The van der Waals surface area contributed by atoms with E-state index in [9.17, 15) is 0 Å². The predicted molar refractivity (Wildman–Crippen MR) is 35.6 cm³/mol. The van der Waals surface area contributed by atoms with Gasteiger partial charge in [0.05, 0.1) is 0 Å². The van der Waals surface area contributed by atoms with Gasteiger partial charge in [-0.2, -0.15) is 13.5 Å². The van der Waals surface area contributed by atoms with Crippen molar-refractivity contribution in [1.29, 1.82) is 0 Å². The molecule has 0 aliphatic rings. The monoisotopic (exact) mass is 164 g/mol. The van der Waals surface area contributed by atoms with Crippen LogP contribution in [0.2, 0.25) is 0 Å². The Morgan fingerprint density at radius 3 is 0.429 bits per heavy atom. The maximum absolute atomic E-state index is 0. The summed E-state index contributed by atoms with van der Waals surface area (Å²) in [6, 6.07) is 0. The fourth-order valence-electron chi connectivity index (χ4n) is 0. The summed E-state index contributed by atoms with van der Waals surface area (Å²) in [5.74, 6) is 0. The van der Waals surface area contributed by atoms with E-state index in [4.69, 9.17) is 0 Å². The molecule has 7 heavy (non-hydrogen) atoms. The van der Waals surface area contributed by atoms with Crippen molar-refractivity contribution in [1.82, 2.24) is 0 Å². The molecule has 0 saturated carbocycles. The minimum absolute atomic E-state index is 0. The number of hydrogen-bond donors (Lipinski definition) is 0. The van der Waals surface area contributed by atoms with Crippen LogP contribution in [-0.2, 0) is 0 Å². The van der Waals surface area contributed by atoms with Gasteiger partial charge in [-0.3, -0.25) is 0 Å². The molecule has 0 radical (unpaired) electrons. The van der Waals surface area contributed by atoms with Crippen LogP contribution < -0.4 is 0 Å². The molecular formula is H13KO5S. The van der Waals surface area contributed by atoms with Crippen LogP contribution in [-0.4, -0.2) is 78.8 Å². The average molecular weight is 164 g/mol. The Bertz CT molecular complexity index is 8.04. The quantitative estimate of drug-likeness (QED) is 0.315. The molecule has 0 aromatic rings. The zero-order valence-electron chi connectivity index (χ0n) is 3.00. The van der Waals surface area contributed by atoms with Gasteiger partial charge in [0.1, 0.15) is 0 Å². The normalized spacial score (nSPS) is 0. The van der Waals surface area contributed by atoms with Gasteiger partial charge in [-0.05, 0) is 0 Å². The van der Waals surface area contributed by atoms with Gasteiger partial charge in [-0.25, -0.2) is 0 Å². The van der Waals surface area contributed by atoms with Gasteiger partial charge in [-0.1, -0.05) is 0 Å². The second-order valence-corrected chi connectivity index (χ2v) is 0. The molecule has 0 aromatic heterocycles. The van der Waals surface area contributed by atoms with Crippen LogP contribution in [0.4, 0.5) is 0 Å². The minimum atomic E-state index is 0. The molecule has 0 aromatic carbocycles. The van der Waals surface area contributed by atoms with E-state index in [1.165, 1.54) is 0 Å². The van der Waals surface area contributed by atoms with Crippen molar-refractivity contribution in [3.63, 3.8) is 0 Å². The first kappa shape index (κ1) is 167. The third-order valence-corrected chi connectivity index (χ3v) is 0. The Morgan fingerprint density at radius 1 is 0.429 bits per heavy atom. The van der Waals surface area contributed by atoms with E-state index in [0.29, 0.717) is 0 Å². The average Bonchev–Trinajstić information content (AvgIpc) is 0. The Hall–Kier alpha value is 1.79. The summed E-state index contributed by atoms with van der Waals surface area (Å²) in [5, 5.41) is 0. The molecule has 10 N–H and O–H groups in total. The molecule has 7 heteroatoms. The van der Waals surface area contributed by atoms with Gasteiger partial charge >= 0.3 is 51.4 Å². The number of rotatable bonds is 0. The molecule has 0 bridgehead atoms. The van der Waals surface area contributed by atoms with Gasteiger partial charge in [-0.15, -0.1) is 0 Å². The summed E-state index contributed by atoms with van der Waals surface area (Å²) in [4.78, 5) is 0. The fourth-order valence-corrected chi connectivity index (χ4v) is 0. The zero-order chi connectivity index (χ0) is 0. The predicted octanol–water partition coefficient (Wildman–Crippen LogP) is -4.66. The van der Waals surface area contributed by atoms with Gasteiger partial charge < -0.3 is 27.4 Å². The standard InChI is InChI=1S/K.5H2O.H2S.H/h;6*1H2;. The number of hydrogen-bond acceptors (Lipinski definition) is 0. The SMILES string of the molecule is O.O.O.O.O.S.[KH]. The molecule has 0 atom stereocenters. The van der Waals surface area contributed by atoms with E-state index in [2.05, 4.69) is 0 Å². The third kappa shape index (κ3) is 81.7. The molecule has 0 saturated heterocycles. The Balaban J connectivity index is 0. The molecule has 0 spiro atoms. The van der Waals surface area contributed by atoms with Gasteiger partial charge in [0.25, 0.3) is 0 Å². The van der Waals surface area contributed by atoms with Crippen molar-refractivity contribution in [2.75, 3.05) is 0 Å². The second-order valence-electron chi connectivity index (χ2n) is 0. The fraction of sp³-hybridized carbons (Fsp3) is 0. The topological polar surface area (TPSA) is 158 Å². The molecule has 5 nitrogen and oxygen atoms in total.